The molecular weight excluding hydrogens is 226 g/mol. The third-order valence-corrected chi connectivity index (χ3v) is 3.43. The van der Waals surface area contributed by atoms with Gasteiger partial charge >= 0.3 is 0 Å². The van der Waals surface area contributed by atoms with Crippen LogP contribution in [0.25, 0.3) is 0 Å². The molecule has 18 heavy (non-hydrogen) atoms. The van der Waals surface area contributed by atoms with Gasteiger partial charge in [-0.3, -0.25) is 9.48 Å². The van der Waals surface area contributed by atoms with E-state index in [0.717, 1.165) is 18.5 Å². The fourth-order valence-corrected chi connectivity index (χ4v) is 2.01. The largest absolute Gasteiger partial charge is 0.321 e. The minimum absolute atomic E-state index is 0.0693. The second kappa shape index (κ2) is 6.69. The molecule has 0 radical (unpaired) electrons. The van der Waals surface area contributed by atoms with Crippen molar-refractivity contribution in [3.63, 3.8) is 0 Å². The van der Waals surface area contributed by atoms with Gasteiger partial charge in [-0.25, -0.2) is 0 Å². The van der Waals surface area contributed by atoms with Crippen molar-refractivity contribution >= 4 is 5.78 Å². The van der Waals surface area contributed by atoms with Crippen LogP contribution in [0.5, 0.6) is 0 Å². The highest BCUT2D eigenvalue weighted by Gasteiger charge is 2.18. The summed E-state index contributed by atoms with van der Waals surface area (Å²) in [5.74, 6) is 0.249. The molecule has 4 nitrogen and oxygen atoms in total. The predicted octanol–water partition coefficient (Wildman–Crippen LogP) is 2.34. The van der Waals surface area contributed by atoms with Crippen LogP contribution >= 0.6 is 0 Å². The minimum Gasteiger partial charge on any atom is -0.321 e. The smallest absolute Gasteiger partial charge is 0.155 e. The van der Waals surface area contributed by atoms with E-state index in [2.05, 4.69) is 18.9 Å². The Labute approximate surface area is 110 Å². The Kier molecular flexibility index (Phi) is 5.54. The van der Waals surface area contributed by atoms with E-state index in [1.54, 1.807) is 0 Å². The minimum atomic E-state index is -0.386. The summed E-state index contributed by atoms with van der Waals surface area (Å²) < 4.78 is 1.96. The summed E-state index contributed by atoms with van der Waals surface area (Å²) in [5.41, 5.74) is 6.66. The van der Waals surface area contributed by atoms with Crippen molar-refractivity contribution in [2.45, 2.75) is 59.0 Å². The van der Waals surface area contributed by atoms with Gasteiger partial charge < -0.3 is 5.73 Å². The number of carbonyl (C=O) groups excluding carboxylic acids is 1. The number of carbonyl (C=O) groups is 1. The summed E-state index contributed by atoms with van der Waals surface area (Å²) in [5, 5.41) is 4.47. The molecule has 4 heteroatoms. The molecule has 1 heterocycles. The first-order valence-corrected chi connectivity index (χ1v) is 6.81. The van der Waals surface area contributed by atoms with Gasteiger partial charge in [0, 0.05) is 6.20 Å². The summed E-state index contributed by atoms with van der Waals surface area (Å²) in [7, 11) is 0. The molecule has 0 saturated carbocycles. The molecule has 0 aromatic carbocycles. The Morgan fingerprint density at radius 3 is 2.50 bits per heavy atom. The van der Waals surface area contributed by atoms with Crippen LogP contribution in [0.1, 0.15) is 52.3 Å². The Bertz CT molecular complexity index is 380. The maximum atomic E-state index is 11.9. The van der Waals surface area contributed by atoms with E-state index in [9.17, 15) is 4.79 Å². The van der Waals surface area contributed by atoms with E-state index in [1.807, 2.05) is 30.8 Å². The van der Waals surface area contributed by atoms with Crippen LogP contribution in [0.3, 0.4) is 0 Å². The molecular formula is C14H25N3O. The number of aromatic nitrogens is 2. The van der Waals surface area contributed by atoms with Gasteiger partial charge in [-0.15, -0.1) is 0 Å². The van der Waals surface area contributed by atoms with Gasteiger partial charge in [0.25, 0.3) is 0 Å². The summed E-state index contributed by atoms with van der Waals surface area (Å²) in [6, 6.07) is 1.96. The first-order valence-electron chi connectivity index (χ1n) is 6.81. The fraction of sp³-hybridized carbons (Fsp3) is 0.714. The van der Waals surface area contributed by atoms with Crippen LogP contribution in [0.2, 0.25) is 0 Å². The highest BCUT2D eigenvalue weighted by molar-refractivity contribution is 5.85. The molecule has 1 unspecified atom stereocenters. The van der Waals surface area contributed by atoms with Gasteiger partial charge in [0.05, 0.1) is 24.2 Å². The molecule has 0 fully saturated rings. The molecule has 0 bridgehead atoms. The highest BCUT2D eigenvalue weighted by atomic mass is 16.1. The van der Waals surface area contributed by atoms with Crippen LogP contribution < -0.4 is 5.73 Å². The first-order chi connectivity index (χ1) is 8.49. The highest BCUT2D eigenvalue weighted by Crippen LogP contribution is 2.15. The summed E-state index contributed by atoms with van der Waals surface area (Å²) in [6.07, 6.45) is 4.40. The quantitative estimate of drug-likeness (QED) is 0.809. The van der Waals surface area contributed by atoms with E-state index in [1.165, 1.54) is 0 Å². The second-order valence-corrected chi connectivity index (χ2v) is 5.17. The summed E-state index contributed by atoms with van der Waals surface area (Å²) >= 11 is 0. The van der Waals surface area contributed by atoms with Crippen molar-refractivity contribution in [1.29, 1.82) is 0 Å². The molecule has 1 aromatic rings. The van der Waals surface area contributed by atoms with Crippen LogP contribution in [-0.4, -0.2) is 21.6 Å². The zero-order valence-corrected chi connectivity index (χ0v) is 11.9. The van der Waals surface area contributed by atoms with Gasteiger partial charge in [0.1, 0.15) is 0 Å². The number of hydrogen-bond donors (Lipinski definition) is 1. The van der Waals surface area contributed by atoms with E-state index in [-0.39, 0.29) is 17.7 Å². The maximum absolute atomic E-state index is 11.9. The van der Waals surface area contributed by atoms with Gasteiger partial charge in [-0.1, -0.05) is 27.7 Å². The van der Waals surface area contributed by atoms with E-state index in [4.69, 9.17) is 5.73 Å². The molecule has 0 spiro atoms. The number of hydrogen-bond acceptors (Lipinski definition) is 3. The number of Topliss-reactive ketones (excluding diaryl/α,β-unsaturated/α-hetero) is 1. The molecule has 0 aliphatic heterocycles. The van der Waals surface area contributed by atoms with Crippen LogP contribution in [0.15, 0.2) is 12.3 Å². The number of nitrogens with two attached hydrogens (primary N) is 1. The maximum Gasteiger partial charge on any atom is 0.155 e. The predicted molar refractivity (Wildman–Crippen MR) is 73.4 cm³/mol. The van der Waals surface area contributed by atoms with Gasteiger partial charge in [-0.2, -0.15) is 5.10 Å². The SMILES string of the molecule is CCC(CC)n1ccc(CC(=O)C(N)C(C)C)n1. The topological polar surface area (TPSA) is 60.9 Å². The molecule has 102 valence electrons. The molecule has 1 atom stereocenters. The van der Waals surface area contributed by atoms with Gasteiger partial charge in [-0.05, 0) is 24.8 Å². The van der Waals surface area contributed by atoms with Crippen molar-refractivity contribution < 1.29 is 4.79 Å². The van der Waals surface area contributed by atoms with Crippen molar-refractivity contribution in [2.75, 3.05) is 0 Å². The van der Waals surface area contributed by atoms with E-state index >= 15 is 0 Å². The van der Waals surface area contributed by atoms with Crippen molar-refractivity contribution in [3.8, 4) is 0 Å². The molecule has 0 aliphatic carbocycles. The monoisotopic (exact) mass is 251 g/mol. The van der Waals surface area contributed by atoms with Crippen LogP contribution in [0.4, 0.5) is 0 Å². The third kappa shape index (κ3) is 3.67. The fourth-order valence-electron chi connectivity index (χ4n) is 2.01. The third-order valence-electron chi connectivity index (χ3n) is 3.43. The van der Waals surface area contributed by atoms with E-state index in [0.29, 0.717) is 12.5 Å². The average Bonchev–Trinajstić information content (AvgIpc) is 2.78. The van der Waals surface area contributed by atoms with E-state index < -0.39 is 0 Å². The number of ketones is 1. The van der Waals surface area contributed by atoms with Crippen LogP contribution in [-0.2, 0) is 11.2 Å². The number of rotatable bonds is 7. The lowest BCUT2D eigenvalue weighted by Crippen LogP contribution is -2.36. The van der Waals surface area contributed by atoms with Crippen molar-refractivity contribution in [2.24, 2.45) is 11.7 Å². The normalized spacial score (nSPS) is 13.3. The zero-order valence-electron chi connectivity index (χ0n) is 11.9. The van der Waals surface area contributed by atoms with Crippen LogP contribution in [0, 0.1) is 5.92 Å². The Hall–Kier alpha value is -1.16. The second-order valence-electron chi connectivity index (χ2n) is 5.17. The molecule has 0 aliphatic rings. The molecule has 0 amide bonds. The molecule has 0 saturated heterocycles. The Balaban J connectivity index is 2.67. The van der Waals surface area contributed by atoms with Gasteiger partial charge in [0.2, 0.25) is 0 Å². The molecule has 1 aromatic heterocycles. The Morgan fingerprint density at radius 1 is 1.39 bits per heavy atom. The van der Waals surface area contributed by atoms with Gasteiger partial charge in [0.15, 0.2) is 5.78 Å². The first kappa shape index (κ1) is 14.9. The lowest BCUT2D eigenvalue weighted by molar-refractivity contribution is -0.120. The standard InChI is InChI=1S/C14H25N3O/c1-5-12(6-2)17-8-7-11(16-17)9-13(18)14(15)10(3)4/h7-8,10,12,14H,5-6,9,15H2,1-4H3. The average molecular weight is 251 g/mol. The lowest BCUT2D eigenvalue weighted by Gasteiger charge is -2.14. The molecule has 1 rings (SSSR count). The summed E-state index contributed by atoms with van der Waals surface area (Å²) in [4.78, 5) is 11.9. The number of nitrogens with zero attached hydrogens (tertiary/aromatic N) is 2. The Morgan fingerprint density at radius 2 is 2.00 bits per heavy atom. The van der Waals surface area contributed by atoms with Crippen molar-refractivity contribution in [1.82, 2.24) is 9.78 Å². The summed E-state index contributed by atoms with van der Waals surface area (Å²) in [6.45, 7) is 8.22. The molecule has 2 N–H and O–H groups in total. The zero-order chi connectivity index (χ0) is 13.7. The lowest BCUT2D eigenvalue weighted by atomic mass is 9.98. The van der Waals surface area contributed by atoms with Crippen molar-refractivity contribution in [3.05, 3.63) is 18.0 Å².